The van der Waals surface area contributed by atoms with Crippen molar-refractivity contribution in [2.75, 3.05) is 6.61 Å². The molecule has 2 atom stereocenters. The van der Waals surface area contributed by atoms with E-state index in [0.717, 1.165) is 18.8 Å². The van der Waals surface area contributed by atoms with Crippen LogP contribution in [0, 0.1) is 37.0 Å². The predicted octanol–water partition coefficient (Wildman–Crippen LogP) is 0.525. The molecule has 2 fully saturated rings. The fourth-order valence-electron chi connectivity index (χ4n) is 2.08. The highest BCUT2D eigenvalue weighted by Gasteiger charge is 2.45. The van der Waals surface area contributed by atoms with Crippen LogP contribution >= 0.6 is 0 Å². The minimum absolute atomic E-state index is 0.210. The maximum atomic E-state index is 9.59. The van der Waals surface area contributed by atoms with Gasteiger partial charge in [-0.2, -0.15) is 0 Å². The van der Waals surface area contributed by atoms with Gasteiger partial charge in [0.15, 0.2) is 0 Å². The van der Waals surface area contributed by atoms with Crippen molar-refractivity contribution in [3.63, 3.8) is 0 Å². The number of aliphatic hydroxyl groups excluding tert-OH is 2. The van der Waals surface area contributed by atoms with Crippen LogP contribution in [0.4, 0.5) is 0 Å². The average Bonchev–Trinajstić information content (AvgIpc) is 2.58. The van der Waals surface area contributed by atoms with E-state index in [-0.39, 0.29) is 12.7 Å². The summed E-state index contributed by atoms with van der Waals surface area (Å²) in [6, 6.07) is 0. The monoisotopic (exact) mass is 165 g/mol. The van der Waals surface area contributed by atoms with Gasteiger partial charge in [0.2, 0.25) is 0 Å². The van der Waals surface area contributed by atoms with Crippen molar-refractivity contribution >= 4 is 0 Å². The molecule has 12 heavy (non-hydrogen) atoms. The third kappa shape index (κ3) is 1.27. The summed E-state index contributed by atoms with van der Waals surface area (Å²) in [5.74, 6) is 2.67. The Morgan fingerprint density at radius 1 is 1.33 bits per heavy atom. The topological polar surface area (TPSA) is 40.5 Å². The zero-order valence-electron chi connectivity index (χ0n) is 6.90. The third-order valence-electron chi connectivity index (χ3n) is 2.67. The Bertz CT molecular complexity index is 158. The minimum Gasteiger partial charge on any atom is -0.396 e. The van der Waals surface area contributed by atoms with Crippen LogP contribution in [0.5, 0.6) is 0 Å². The molecule has 0 spiro atoms. The van der Waals surface area contributed by atoms with Gasteiger partial charge < -0.3 is 10.2 Å². The molecule has 0 aromatic carbocycles. The van der Waals surface area contributed by atoms with Gasteiger partial charge in [0.1, 0.15) is 0 Å². The molecule has 65 valence electrons. The fourth-order valence-corrected chi connectivity index (χ4v) is 2.08. The second-order valence-electron chi connectivity index (χ2n) is 3.40. The Kier molecular flexibility index (Phi) is 2.37. The fraction of sp³-hybridized carbons (Fsp3) is 0.500. The molecule has 0 aromatic heterocycles. The lowest BCUT2D eigenvalue weighted by molar-refractivity contribution is 0.186. The van der Waals surface area contributed by atoms with Crippen LogP contribution < -0.4 is 0 Å². The van der Waals surface area contributed by atoms with E-state index < -0.39 is 0 Å². The van der Waals surface area contributed by atoms with Gasteiger partial charge in [0, 0.05) is 12.5 Å². The van der Waals surface area contributed by atoms with E-state index in [1.54, 1.807) is 0 Å². The number of fused-ring (bicyclic) bond motifs is 1. The molecule has 2 rings (SSSR count). The number of aliphatic hydroxyl groups is 2. The molecule has 2 saturated carbocycles. The molecule has 0 unspecified atom stereocenters. The Labute approximate surface area is 73.6 Å². The van der Waals surface area contributed by atoms with Gasteiger partial charge in [-0.3, -0.25) is 0 Å². The van der Waals surface area contributed by atoms with Gasteiger partial charge >= 0.3 is 0 Å². The first kappa shape index (κ1) is 8.52. The van der Waals surface area contributed by atoms with Crippen LogP contribution in [-0.4, -0.2) is 22.9 Å². The smallest absolute Gasteiger partial charge is 0.0614 e. The number of hydrogen-bond acceptors (Lipinski definition) is 2. The Morgan fingerprint density at radius 2 is 2.08 bits per heavy atom. The molecule has 5 radical (unpaired) electrons. The molecule has 2 nitrogen and oxygen atoms in total. The largest absolute Gasteiger partial charge is 0.396 e. The lowest BCUT2D eigenvalue weighted by Crippen LogP contribution is -2.10. The van der Waals surface area contributed by atoms with Crippen LogP contribution in [0.2, 0.25) is 0 Å². The molecule has 0 amide bonds. The number of hydrogen-bond donors (Lipinski definition) is 2. The standard InChI is InChI=1S/C10H13O2/c11-5-4-7-6-10(12)9-3-1-2-8(7)9/h1-3,7,10-12H,4-6H2/t7-,10-/m0/s1. The summed E-state index contributed by atoms with van der Waals surface area (Å²) in [6.07, 6.45) is 7.24. The van der Waals surface area contributed by atoms with E-state index in [2.05, 4.69) is 0 Å². The SMILES string of the molecule is OCC[C@H]1C[C@H](O)[C]2[CH][CH][CH][C]21. The van der Waals surface area contributed by atoms with Crippen molar-refractivity contribution in [2.24, 2.45) is 5.92 Å². The van der Waals surface area contributed by atoms with E-state index in [1.165, 1.54) is 5.92 Å². The summed E-state index contributed by atoms with van der Waals surface area (Å²) >= 11 is 0. The normalized spacial score (nSPS) is 37.5. The first-order valence-electron chi connectivity index (χ1n) is 4.37. The highest BCUT2D eigenvalue weighted by molar-refractivity contribution is 5.50. The predicted molar refractivity (Wildman–Crippen MR) is 45.2 cm³/mol. The van der Waals surface area contributed by atoms with E-state index in [1.807, 2.05) is 19.3 Å². The highest BCUT2D eigenvalue weighted by atomic mass is 16.3. The van der Waals surface area contributed by atoms with Gasteiger partial charge in [-0.1, -0.05) is 0 Å². The molecule has 0 aromatic rings. The maximum Gasteiger partial charge on any atom is 0.0614 e. The molecule has 2 heteroatoms. The zero-order valence-corrected chi connectivity index (χ0v) is 6.90. The molecule has 0 saturated heterocycles. The summed E-state index contributed by atoms with van der Waals surface area (Å²) in [7, 11) is 0. The Hall–Kier alpha value is -0.0800. The molecule has 0 heterocycles. The third-order valence-corrected chi connectivity index (χ3v) is 2.67. The second-order valence-corrected chi connectivity index (χ2v) is 3.40. The van der Waals surface area contributed by atoms with Crippen LogP contribution in [0.15, 0.2) is 0 Å². The average molecular weight is 165 g/mol. The summed E-state index contributed by atoms with van der Waals surface area (Å²) in [5.41, 5.74) is 0. The van der Waals surface area contributed by atoms with Gasteiger partial charge in [-0.05, 0) is 43.9 Å². The Balaban J connectivity index is 1.99. The maximum absolute atomic E-state index is 9.59. The molecule has 2 N–H and O–H groups in total. The van der Waals surface area contributed by atoms with E-state index in [4.69, 9.17) is 5.11 Å². The van der Waals surface area contributed by atoms with Crippen molar-refractivity contribution in [2.45, 2.75) is 18.9 Å². The van der Waals surface area contributed by atoms with Gasteiger partial charge in [0.05, 0.1) is 6.10 Å². The number of rotatable bonds is 2. The van der Waals surface area contributed by atoms with Crippen molar-refractivity contribution in [1.29, 1.82) is 0 Å². The summed E-state index contributed by atoms with van der Waals surface area (Å²) in [5, 5.41) is 18.4. The van der Waals surface area contributed by atoms with Crippen molar-refractivity contribution < 1.29 is 10.2 Å². The first-order chi connectivity index (χ1) is 5.83. The van der Waals surface area contributed by atoms with Crippen LogP contribution in [0.25, 0.3) is 0 Å². The van der Waals surface area contributed by atoms with E-state index in [9.17, 15) is 5.11 Å². The van der Waals surface area contributed by atoms with Crippen LogP contribution in [-0.2, 0) is 0 Å². The van der Waals surface area contributed by atoms with Crippen molar-refractivity contribution in [3.8, 4) is 0 Å². The molecule has 0 aliphatic heterocycles. The summed E-state index contributed by atoms with van der Waals surface area (Å²) in [4.78, 5) is 0. The van der Waals surface area contributed by atoms with Crippen LogP contribution in [0.3, 0.4) is 0 Å². The molecule has 2 aliphatic rings. The molecule has 2 aliphatic carbocycles. The molecular weight excluding hydrogens is 152 g/mol. The van der Waals surface area contributed by atoms with E-state index >= 15 is 0 Å². The van der Waals surface area contributed by atoms with E-state index in [0.29, 0.717) is 5.92 Å². The lowest BCUT2D eigenvalue weighted by atomic mass is 9.90. The van der Waals surface area contributed by atoms with Gasteiger partial charge in [-0.15, -0.1) is 0 Å². The highest BCUT2D eigenvalue weighted by Crippen LogP contribution is 2.50. The van der Waals surface area contributed by atoms with Gasteiger partial charge in [-0.25, -0.2) is 0 Å². The zero-order chi connectivity index (χ0) is 8.55. The Morgan fingerprint density at radius 3 is 2.83 bits per heavy atom. The first-order valence-corrected chi connectivity index (χ1v) is 4.37. The molecule has 0 bridgehead atoms. The summed E-state index contributed by atoms with van der Waals surface area (Å²) in [6.45, 7) is 0.210. The lowest BCUT2D eigenvalue weighted by Gasteiger charge is -2.14. The quantitative estimate of drug-likeness (QED) is 0.626. The van der Waals surface area contributed by atoms with Crippen LogP contribution in [0.1, 0.15) is 12.8 Å². The van der Waals surface area contributed by atoms with Crippen molar-refractivity contribution in [3.05, 3.63) is 31.1 Å². The summed E-state index contributed by atoms with van der Waals surface area (Å²) < 4.78 is 0. The second kappa shape index (κ2) is 3.35. The van der Waals surface area contributed by atoms with Crippen molar-refractivity contribution in [1.82, 2.24) is 0 Å². The van der Waals surface area contributed by atoms with Gasteiger partial charge in [0.25, 0.3) is 0 Å². The molecular formula is C10H13O2. The minimum atomic E-state index is -0.299.